The van der Waals surface area contributed by atoms with Gasteiger partial charge in [0.15, 0.2) is 0 Å². The van der Waals surface area contributed by atoms with Crippen LogP contribution in [0.5, 0.6) is 0 Å². The quantitative estimate of drug-likeness (QED) is 0.816. The van der Waals surface area contributed by atoms with Crippen LogP contribution in [0.1, 0.15) is 24.3 Å². The highest BCUT2D eigenvalue weighted by molar-refractivity contribution is 9.09. The van der Waals surface area contributed by atoms with E-state index in [2.05, 4.69) is 15.9 Å². The number of aliphatic hydroxyl groups excluding tert-OH is 1. The Bertz CT molecular complexity index is 254. The van der Waals surface area contributed by atoms with Crippen molar-refractivity contribution >= 4 is 27.5 Å². The predicted molar refractivity (Wildman–Crippen MR) is 64.3 cm³/mol. The van der Waals surface area contributed by atoms with Crippen LogP contribution in [0.2, 0.25) is 5.02 Å². The van der Waals surface area contributed by atoms with E-state index in [4.69, 9.17) is 16.7 Å². The number of hydrogen-bond donors (Lipinski definition) is 1. The first-order valence-electron chi connectivity index (χ1n) is 4.70. The van der Waals surface area contributed by atoms with Crippen molar-refractivity contribution in [3.63, 3.8) is 0 Å². The molecule has 1 N–H and O–H groups in total. The van der Waals surface area contributed by atoms with Crippen molar-refractivity contribution in [3.05, 3.63) is 34.9 Å². The van der Waals surface area contributed by atoms with Crippen LogP contribution < -0.4 is 0 Å². The largest absolute Gasteiger partial charge is 0.396 e. The second-order valence-electron chi connectivity index (χ2n) is 3.24. The molecule has 0 aliphatic heterocycles. The molecule has 0 amide bonds. The molecule has 3 heteroatoms. The molecule has 1 rings (SSSR count). The van der Waals surface area contributed by atoms with Crippen LogP contribution in [0.15, 0.2) is 24.3 Å². The van der Waals surface area contributed by atoms with Gasteiger partial charge in [0.2, 0.25) is 0 Å². The Morgan fingerprint density at radius 3 is 2.36 bits per heavy atom. The topological polar surface area (TPSA) is 20.2 Å². The molecule has 14 heavy (non-hydrogen) atoms. The van der Waals surface area contributed by atoms with Crippen LogP contribution in [0.25, 0.3) is 0 Å². The number of hydrogen-bond acceptors (Lipinski definition) is 1. The summed E-state index contributed by atoms with van der Waals surface area (Å²) in [5, 5.41) is 10.7. The van der Waals surface area contributed by atoms with Crippen molar-refractivity contribution in [2.75, 3.05) is 11.9 Å². The molecule has 0 aliphatic rings. The van der Waals surface area contributed by atoms with Gasteiger partial charge in [0, 0.05) is 17.0 Å². The van der Waals surface area contributed by atoms with Gasteiger partial charge in [0.1, 0.15) is 0 Å². The summed E-state index contributed by atoms with van der Waals surface area (Å²) in [6, 6.07) is 7.86. The van der Waals surface area contributed by atoms with E-state index in [0.717, 1.165) is 23.2 Å². The Labute approximate surface area is 98.2 Å². The molecule has 1 nitrogen and oxygen atoms in total. The minimum Gasteiger partial charge on any atom is -0.396 e. The zero-order valence-corrected chi connectivity index (χ0v) is 10.3. The van der Waals surface area contributed by atoms with E-state index in [0.29, 0.717) is 5.92 Å². The first-order chi connectivity index (χ1) is 6.77. The van der Waals surface area contributed by atoms with Crippen molar-refractivity contribution in [2.45, 2.75) is 18.8 Å². The normalized spacial score (nSPS) is 12.8. The average molecular weight is 278 g/mol. The second-order valence-corrected chi connectivity index (χ2v) is 4.47. The van der Waals surface area contributed by atoms with Crippen LogP contribution in [-0.4, -0.2) is 17.0 Å². The van der Waals surface area contributed by atoms with E-state index in [9.17, 15) is 0 Å². The summed E-state index contributed by atoms with van der Waals surface area (Å²) in [6.45, 7) is 0.236. The number of alkyl halides is 1. The third-order valence-electron chi connectivity index (χ3n) is 2.28. The molecule has 1 aromatic carbocycles. The van der Waals surface area contributed by atoms with Gasteiger partial charge in [-0.15, -0.1) is 0 Å². The van der Waals surface area contributed by atoms with E-state index in [-0.39, 0.29) is 6.61 Å². The van der Waals surface area contributed by atoms with E-state index >= 15 is 0 Å². The van der Waals surface area contributed by atoms with Gasteiger partial charge in [-0.2, -0.15) is 0 Å². The molecule has 0 aliphatic carbocycles. The van der Waals surface area contributed by atoms with Crippen molar-refractivity contribution in [1.29, 1.82) is 0 Å². The standard InChI is InChI=1S/C11H14BrClO/c12-7-5-10(6-8-14)9-1-3-11(13)4-2-9/h1-4,10,14H,5-8H2. The maximum atomic E-state index is 8.94. The molecule has 1 aromatic rings. The van der Waals surface area contributed by atoms with Gasteiger partial charge in [0.05, 0.1) is 0 Å². The molecular weight excluding hydrogens is 263 g/mol. The average Bonchev–Trinajstić information content (AvgIpc) is 2.19. The molecule has 78 valence electrons. The van der Waals surface area contributed by atoms with Crippen LogP contribution in [-0.2, 0) is 0 Å². The van der Waals surface area contributed by atoms with Crippen molar-refractivity contribution in [1.82, 2.24) is 0 Å². The van der Waals surface area contributed by atoms with Crippen LogP contribution in [0.4, 0.5) is 0 Å². The molecule has 1 unspecified atom stereocenters. The summed E-state index contributed by atoms with van der Waals surface area (Å²) in [5.41, 5.74) is 1.25. The minimum absolute atomic E-state index is 0.236. The van der Waals surface area contributed by atoms with Gasteiger partial charge in [-0.05, 0) is 36.5 Å². The Kier molecular flexibility index (Phi) is 5.53. The smallest absolute Gasteiger partial charge is 0.0436 e. The zero-order valence-electron chi connectivity index (χ0n) is 7.92. The Hall–Kier alpha value is -0.0500. The van der Waals surface area contributed by atoms with Gasteiger partial charge < -0.3 is 5.11 Å². The third-order valence-corrected chi connectivity index (χ3v) is 2.99. The van der Waals surface area contributed by atoms with E-state index in [1.54, 1.807) is 0 Å². The summed E-state index contributed by atoms with van der Waals surface area (Å²) in [4.78, 5) is 0. The van der Waals surface area contributed by atoms with E-state index < -0.39 is 0 Å². The number of aliphatic hydroxyl groups is 1. The first-order valence-corrected chi connectivity index (χ1v) is 6.20. The Balaban J connectivity index is 2.71. The third kappa shape index (κ3) is 3.60. The summed E-state index contributed by atoms with van der Waals surface area (Å²) in [6.07, 6.45) is 1.86. The molecule has 0 bridgehead atoms. The fraction of sp³-hybridized carbons (Fsp3) is 0.455. The number of benzene rings is 1. The lowest BCUT2D eigenvalue weighted by atomic mass is 9.94. The Morgan fingerprint density at radius 2 is 1.86 bits per heavy atom. The highest BCUT2D eigenvalue weighted by atomic mass is 79.9. The lowest BCUT2D eigenvalue weighted by Crippen LogP contribution is -2.02. The SMILES string of the molecule is OCCC(CCBr)c1ccc(Cl)cc1. The minimum atomic E-state index is 0.236. The molecule has 0 saturated heterocycles. The van der Waals surface area contributed by atoms with Crippen molar-refractivity contribution < 1.29 is 5.11 Å². The van der Waals surface area contributed by atoms with Gasteiger partial charge in [-0.3, -0.25) is 0 Å². The molecular formula is C11H14BrClO. The highest BCUT2D eigenvalue weighted by Gasteiger charge is 2.09. The molecule has 0 heterocycles. The summed E-state index contributed by atoms with van der Waals surface area (Å²) < 4.78 is 0. The maximum Gasteiger partial charge on any atom is 0.0436 e. The predicted octanol–water partition coefficient (Wildman–Crippen LogP) is 3.59. The lowest BCUT2D eigenvalue weighted by Gasteiger charge is -2.14. The maximum absolute atomic E-state index is 8.94. The van der Waals surface area contributed by atoms with E-state index in [1.165, 1.54) is 5.56 Å². The molecule has 0 fully saturated rings. The van der Waals surface area contributed by atoms with Crippen molar-refractivity contribution in [2.24, 2.45) is 0 Å². The molecule has 0 radical (unpaired) electrons. The fourth-order valence-electron chi connectivity index (χ4n) is 1.50. The van der Waals surface area contributed by atoms with Gasteiger partial charge >= 0.3 is 0 Å². The molecule has 0 aromatic heterocycles. The molecule has 1 atom stereocenters. The fourth-order valence-corrected chi connectivity index (χ4v) is 2.18. The molecule has 0 saturated carbocycles. The van der Waals surface area contributed by atoms with Crippen molar-refractivity contribution in [3.8, 4) is 0 Å². The molecule has 0 spiro atoms. The highest BCUT2D eigenvalue weighted by Crippen LogP contribution is 2.25. The van der Waals surface area contributed by atoms with Gasteiger partial charge in [0.25, 0.3) is 0 Å². The zero-order chi connectivity index (χ0) is 10.4. The van der Waals surface area contributed by atoms with Crippen LogP contribution in [0, 0.1) is 0 Å². The first kappa shape index (κ1) is 12.0. The Morgan fingerprint density at radius 1 is 1.21 bits per heavy atom. The van der Waals surface area contributed by atoms with Crippen LogP contribution in [0.3, 0.4) is 0 Å². The second kappa shape index (κ2) is 6.44. The summed E-state index contributed by atoms with van der Waals surface area (Å²) in [7, 11) is 0. The van der Waals surface area contributed by atoms with Gasteiger partial charge in [-0.1, -0.05) is 39.7 Å². The number of rotatable bonds is 5. The van der Waals surface area contributed by atoms with Crippen LogP contribution >= 0.6 is 27.5 Å². The number of halogens is 2. The lowest BCUT2D eigenvalue weighted by molar-refractivity contribution is 0.274. The summed E-state index contributed by atoms with van der Waals surface area (Å²) >= 11 is 9.24. The summed E-state index contributed by atoms with van der Waals surface area (Å²) in [5.74, 6) is 0.427. The van der Waals surface area contributed by atoms with E-state index in [1.807, 2.05) is 24.3 Å². The van der Waals surface area contributed by atoms with Gasteiger partial charge in [-0.25, -0.2) is 0 Å². The monoisotopic (exact) mass is 276 g/mol.